The highest BCUT2D eigenvalue weighted by atomic mass is 32.2. The second-order valence-corrected chi connectivity index (χ2v) is 6.64. The highest BCUT2D eigenvalue weighted by Crippen LogP contribution is 2.41. The number of thioether (sulfide) groups is 1. The molecule has 0 spiro atoms. The van der Waals surface area contributed by atoms with Gasteiger partial charge in [0, 0.05) is 24.4 Å². The van der Waals surface area contributed by atoms with Crippen LogP contribution >= 0.6 is 11.8 Å². The Morgan fingerprint density at radius 3 is 2.76 bits per heavy atom. The molecule has 3 heterocycles. The molecule has 0 bridgehead atoms. The summed E-state index contributed by atoms with van der Waals surface area (Å²) >= 11 is 1.91. The minimum Gasteiger partial charge on any atom is -0.343 e. The number of rotatable bonds is 1. The second kappa shape index (κ2) is 4.26. The Morgan fingerprint density at radius 2 is 2.00 bits per heavy atom. The van der Waals surface area contributed by atoms with Gasteiger partial charge in [0.1, 0.15) is 12.2 Å². The fourth-order valence-electron chi connectivity index (χ4n) is 3.23. The van der Waals surface area contributed by atoms with Crippen LogP contribution in [-0.2, 0) is 9.47 Å². The maximum absolute atomic E-state index is 6.14. The number of hydrogen-bond acceptors (Lipinski definition) is 4. The summed E-state index contributed by atoms with van der Waals surface area (Å²) in [5, 5.41) is 0.532. The van der Waals surface area contributed by atoms with E-state index in [1.165, 1.54) is 0 Å². The standard InChI is InChI=1S/C13H21NO2S/c1-13(2)15-11-9-6-4-5-7-14(9)8-10(17-3)12(11)16-13/h4-5,9-12H,6-8H2,1-3H3/t9-,10+,11-,12+/m0/s1. The van der Waals surface area contributed by atoms with Crippen molar-refractivity contribution in [2.75, 3.05) is 19.3 Å². The third-order valence-corrected chi connectivity index (χ3v) is 5.00. The number of fused-ring (bicyclic) bond motifs is 3. The van der Waals surface area contributed by atoms with Crippen LogP contribution in [0.15, 0.2) is 12.2 Å². The van der Waals surface area contributed by atoms with Crippen LogP contribution in [0.3, 0.4) is 0 Å². The summed E-state index contributed by atoms with van der Waals surface area (Å²) in [6.45, 7) is 6.25. The van der Waals surface area contributed by atoms with Crippen LogP contribution in [0.1, 0.15) is 20.3 Å². The summed E-state index contributed by atoms with van der Waals surface area (Å²) in [6.07, 6.45) is 8.33. The fraction of sp³-hybridized carbons (Fsp3) is 0.846. The third kappa shape index (κ3) is 2.05. The molecule has 96 valence electrons. The van der Waals surface area contributed by atoms with E-state index in [0.29, 0.717) is 11.3 Å². The average molecular weight is 255 g/mol. The van der Waals surface area contributed by atoms with Gasteiger partial charge in [-0.15, -0.1) is 0 Å². The average Bonchev–Trinajstić information content (AvgIpc) is 2.63. The SMILES string of the molecule is CS[C@@H]1CN2CC=CC[C@H]2[C@@H]2OC(C)(C)O[C@@H]21. The summed E-state index contributed by atoms with van der Waals surface area (Å²) in [6, 6.07) is 0.509. The molecule has 4 atom stereocenters. The van der Waals surface area contributed by atoms with Gasteiger partial charge in [0.05, 0.1) is 0 Å². The molecule has 3 aliphatic rings. The topological polar surface area (TPSA) is 21.7 Å². The summed E-state index contributed by atoms with van der Waals surface area (Å²) in [5.74, 6) is -0.416. The quantitative estimate of drug-likeness (QED) is 0.667. The van der Waals surface area contributed by atoms with Gasteiger partial charge < -0.3 is 9.47 Å². The molecule has 0 N–H and O–H groups in total. The van der Waals surface area contributed by atoms with Gasteiger partial charge in [0.2, 0.25) is 0 Å². The van der Waals surface area contributed by atoms with Crippen molar-refractivity contribution in [1.29, 1.82) is 0 Å². The molecule has 3 nitrogen and oxygen atoms in total. The maximum Gasteiger partial charge on any atom is 0.163 e. The fourth-order valence-corrected chi connectivity index (χ4v) is 4.05. The van der Waals surface area contributed by atoms with E-state index in [0.717, 1.165) is 19.5 Å². The van der Waals surface area contributed by atoms with Crippen molar-refractivity contribution in [3.05, 3.63) is 12.2 Å². The number of hydrogen-bond donors (Lipinski definition) is 0. The van der Waals surface area contributed by atoms with Gasteiger partial charge in [-0.25, -0.2) is 0 Å². The minimum absolute atomic E-state index is 0.237. The Morgan fingerprint density at radius 1 is 1.24 bits per heavy atom. The molecule has 0 aromatic heterocycles. The largest absolute Gasteiger partial charge is 0.343 e. The molecular weight excluding hydrogens is 234 g/mol. The Hall–Kier alpha value is -0.0300. The van der Waals surface area contributed by atoms with E-state index in [-0.39, 0.29) is 12.2 Å². The normalized spacial score (nSPS) is 44.4. The molecule has 3 aliphatic heterocycles. The van der Waals surface area contributed by atoms with Crippen LogP contribution in [0.4, 0.5) is 0 Å². The van der Waals surface area contributed by atoms with Gasteiger partial charge in [-0.2, -0.15) is 11.8 Å². The van der Waals surface area contributed by atoms with Gasteiger partial charge in [-0.05, 0) is 26.5 Å². The van der Waals surface area contributed by atoms with Gasteiger partial charge >= 0.3 is 0 Å². The van der Waals surface area contributed by atoms with Crippen molar-refractivity contribution < 1.29 is 9.47 Å². The molecule has 2 fully saturated rings. The Bertz CT molecular complexity index is 331. The van der Waals surface area contributed by atoms with Crippen LogP contribution < -0.4 is 0 Å². The Labute approximate surface area is 108 Å². The second-order valence-electron chi connectivity index (χ2n) is 5.57. The van der Waals surface area contributed by atoms with E-state index in [2.05, 4.69) is 23.3 Å². The first-order valence-corrected chi connectivity index (χ1v) is 7.67. The van der Waals surface area contributed by atoms with Crippen molar-refractivity contribution in [3.63, 3.8) is 0 Å². The molecule has 0 radical (unpaired) electrons. The maximum atomic E-state index is 6.14. The predicted octanol–water partition coefficient (Wildman–Crippen LogP) is 1.88. The molecule has 0 amide bonds. The molecule has 17 heavy (non-hydrogen) atoms. The van der Waals surface area contributed by atoms with Crippen molar-refractivity contribution in [2.45, 2.75) is 49.6 Å². The smallest absolute Gasteiger partial charge is 0.163 e. The Balaban J connectivity index is 1.86. The van der Waals surface area contributed by atoms with Gasteiger partial charge in [0.15, 0.2) is 5.79 Å². The monoisotopic (exact) mass is 255 g/mol. The molecule has 0 saturated carbocycles. The van der Waals surface area contributed by atoms with Crippen LogP contribution in [0.25, 0.3) is 0 Å². The van der Waals surface area contributed by atoms with Crippen LogP contribution in [0.2, 0.25) is 0 Å². The number of piperidine rings is 1. The molecule has 0 aromatic carbocycles. The highest BCUT2D eigenvalue weighted by molar-refractivity contribution is 7.99. The van der Waals surface area contributed by atoms with Crippen molar-refractivity contribution in [1.82, 2.24) is 4.90 Å². The first kappa shape index (κ1) is 12.0. The molecule has 2 saturated heterocycles. The first-order valence-electron chi connectivity index (χ1n) is 6.38. The summed E-state index contributed by atoms with van der Waals surface area (Å²) in [5.41, 5.74) is 0. The van der Waals surface area contributed by atoms with Gasteiger partial charge in [-0.3, -0.25) is 4.90 Å². The van der Waals surface area contributed by atoms with Crippen molar-refractivity contribution in [3.8, 4) is 0 Å². The number of ether oxygens (including phenoxy) is 2. The summed E-state index contributed by atoms with van der Waals surface area (Å²) in [7, 11) is 0. The lowest BCUT2D eigenvalue weighted by Crippen LogP contribution is -2.59. The third-order valence-electron chi connectivity index (χ3n) is 3.98. The molecule has 4 heteroatoms. The summed E-state index contributed by atoms with van der Waals surface area (Å²) < 4.78 is 12.3. The lowest BCUT2D eigenvalue weighted by molar-refractivity contribution is -0.148. The lowest BCUT2D eigenvalue weighted by atomic mass is 9.91. The lowest BCUT2D eigenvalue weighted by Gasteiger charge is -2.45. The van der Waals surface area contributed by atoms with Crippen LogP contribution in [-0.4, -0.2) is 53.5 Å². The molecule has 0 aliphatic carbocycles. The molecular formula is C13H21NO2S. The zero-order valence-corrected chi connectivity index (χ0v) is 11.6. The van der Waals surface area contributed by atoms with Crippen LogP contribution in [0.5, 0.6) is 0 Å². The zero-order chi connectivity index (χ0) is 12.0. The molecule has 0 unspecified atom stereocenters. The predicted molar refractivity (Wildman–Crippen MR) is 70.2 cm³/mol. The van der Waals surface area contributed by atoms with E-state index in [1.54, 1.807) is 0 Å². The summed E-state index contributed by atoms with van der Waals surface area (Å²) in [4.78, 5) is 2.55. The van der Waals surface area contributed by atoms with E-state index in [4.69, 9.17) is 9.47 Å². The minimum atomic E-state index is -0.416. The highest BCUT2D eigenvalue weighted by Gasteiger charge is 2.53. The van der Waals surface area contributed by atoms with Crippen LogP contribution in [0, 0.1) is 0 Å². The van der Waals surface area contributed by atoms with Crippen molar-refractivity contribution >= 4 is 11.8 Å². The molecule has 3 rings (SSSR count). The Kier molecular flexibility index (Phi) is 3.02. The van der Waals surface area contributed by atoms with Gasteiger partial charge in [0.25, 0.3) is 0 Å². The number of nitrogens with zero attached hydrogens (tertiary/aromatic N) is 1. The van der Waals surface area contributed by atoms with E-state index in [9.17, 15) is 0 Å². The molecule has 0 aromatic rings. The van der Waals surface area contributed by atoms with Gasteiger partial charge in [-0.1, -0.05) is 12.2 Å². The zero-order valence-electron chi connectivity index (χ0n) is 10.8. The van der Waals surface area contributed by atoms with Crippen molar-refractivity contribution in [2.24, 2.45) is 0 Å². The van der Waals surface area contributed by atoms with E-state index < -0.39 is 5.79 Å². The first-order chi connectivity index (χ1) is 8.11. The van der Waals surface area contributed by atoms with E-state index >= 15 is 0 Å². The van der Waals surface area contributed by atoms with E-state index in [1.807, 2.05) is 25.6 Å².